The third-order valence-corrected chi connectivity index (χ3v) is 19.5. The van der Waals surface area contributed by atoms with E-state index < -0.39 is 24.3 Å². The largest absolute Gasteiger partial charge is 0.545 e. The van der Waals surface area contributed by atoms with Gasteiger partial charge in [-0.3, -0.25) is 9.59 Å². The molecule has 0 fully saturated rings. The summed E-state index contributed by atoms with van der Waals surface area (Å²) in [6.07, 6.45) is 92.3. The fraction of sp³-hybridized carbons (Fsp3) is 0.940. The van der Waals surface area contributed by atoms with Crippen molar-refractivity contribution in [2.24, 2.45) is 0 Å². The normalized spacial score (nSPS) is 12.6. The Morgan fingerprint density at radius 2 is 0.548 bits per heavy atom. The Morgan fingerprint density at radius 3 is 0.796 bits per heavy atom. The Morgan fingerprint density at radius 1 is 0.312 bits per heavy atom. The van der Waals surface area contributed by atoms with Crippen LogP contribution in [0.3, 0.4) is 0 Å². The fourth-order valence-electron chi connectivity index (χ4n) is 13.1. The number of hydrogen-bond acceptors (Lipinski definition) is 8. The number of quaternary nitrogens is 1. The molecule has 0 aliphatic rings. The lowest BCUT2D eigenvalue weighted by Gasteiger charge is -2.26. The van der Waals surface area contributed by atoms with E-state index in [9.17, 15) is 19.5 Å². The first kappa shape index (κ1) is 91.0. The van der Waals surface area contributed by atoms with Crippen LogP contribution in [-0.2, 0) is 33.3 Å². The minimum atomic E-state index is -1.62. The maximum Gasteiger partial charge on any atom is 0.306 e. The smallest absolute Gasteiger partial charge is 0.306 e. The number of likely N-dealkylation sites (N-methyl/N-ethyl adjacent to an activating group) is 1. The van der Waals surface area contributed by atoms with Gasteiger partial charge in [0.2, 0.25) is 0 Å². The van der Waals surface area contributed by atoms with Gasteiger partial charge in [-0.25, -0.2) is 0 Å². The number of hydrogen-bond donors (Lipinski definition) is 0. The lowest BCUT2D eigenvalue weighted by atomic mass is 10.0. The van der Waals surface area contributed by atoms with Crippen LogP contribution in [0.2, 0.25) is 0 Å². The van der Waals surface area contributed by atoms with Crippen LogP contribution in [0.1, 0.15) is 450 Å². The van der Waals surface area contributed by atoms with E-state index in [1.807, 2.05) is 21.1 Å². The molecule has 0 rings (SSSR count). The van der Waals surface area contributed by atoms with Crippen LogP contribution in [0.5, 0.6) is 0 Å². The van der Waals surface area contributed by atoms with Crippen LogP contribution in [-0.4, -0.2) is 82.3 Å². The van der Waals surface area contributed by atoms with E-state index in [1.165, 1.54) is 385 Å². The average Bonchev–Trinajstić information content (AvgIpc) is 3.38. The summed E-state index contributed by atoms with van der Waals surface area (Å²) in [7, 11) is 5.96. The number of esters is 2. The summed E-state index contributed by atoms with van der Waals surface area (Å²) in [6.45, 7) is 4.84. The molecule has 0 saturated heterocycles. The van der Waals surface area contributed by atoms with Crippen LogP contribution >= 0.6 is 0 Å². The molecule has 0 spiro atoms. The quantitative estimate of drug-likeness (QED) is 0.0195. The Balaban J connectivity index is 3.89. The molecular weight excluding hydrogens is 1150 g/mol. The molecular formula is C84H163NO8. The van der Waals surface area contributed by atoms with Crippen LogP contribution in [0.15, 0.2) is 12.2 Å². The van der Waals surface area contributed by atoms with E-state index >= 15 is 0 Å². The summed E-state index contributed by atoms with van der Waals surface area (Å²) in [5, 5.41) is 11.9. The number of nitrogens with zero attached hydrogens (tertiary/aromatic N) is 1. The predicted octanol–water partition coefficient (Wildman–Crippen LogP) is 25.4. The van der Waals surface area contributed by atoms with E-state index in [1.54, 1.807) is 0 Å². The number of aliphatic carboxylic acids is 1. The van der Waals surface area contributed by atoms with E-state index in [4.69, 9.17) is 18.9 Å². The highest BCUT2D eigenvalue weighted by molar-refractivity contribution is 5.70. The van der Waals surface area contributed by atoms with E-state index in [0.29, 0.717) is 17.4 Å². The number of carboxylic acids is 1. The molecule has 552 valence electrons. The Kier molecular flexibility index (Phi) is 74.2. The third-order valence-electron chi connectivity index (χ3n) is 19.5. The van der Waals surface area contributed by atoms with Gasteiger partial charge >= 0.3 is 11.9 Å². The van der Waals surface area contributed by atoms with Crippen molar-refractivity contribution in [3.05, 3.63) is 12.2 Å². The summed E-state index contributed by atoms with van der Waals surface area (Å²) in [4.78, 5) is 37.6. The molecule has 0 bridgehead atoms. The van der Waals surface area contributed by atoms with Gasteiger partial charge < -0.3 is 33.3 Å². The van der Waals surface area contributed by atoms with E-state index in [0.717, 1.165) is 38.5 Å². The zero-order valence-electron chi connectivity index (χ0n) is 63.4. The molecule has 0 aromatic rings. The van der Waals surface area contributed by atoms with Crippen LogP contribution < -0.4 is 5.11 Å². The minimum absolute atomic E-state index is 0.152. The molecule has 9 nitrogen and oxygen atoms in total. The molecule has 0 aliphatic heterocycles. The SMILES string of the molecule is CCCCCCCCCC/C=C\CCCCCCCCCCCCCCCCCC(=O)OC(COC(=O)CCCCCCCCCCCCCCCCCCCCCCCCCCCCCCCCCCCCCCCCCCC)COC(OCC[N+](C)(C)C)C(=O)[O-]. The zero-order chi connectivity index (χ0) is 67.5. The number of unbranched alkanes of at least 4 members (excludes halogenated alkanes) is 63. The highest BCUT2D eigenvalue weighted by Gasteiger charge is 2.22. The number of carbonyl (C=O) groups is 3. The topological polar surface area (TPSA) is 111 Å². The molecule has 0 aliphatic carbocycles. The second-order valence-electron chi connectivity index (χ2n) is 30.1. The van der Waals surface area contributed by atoms with Gasteiger partial charge in [-0.05, 0) is 38.5 Å². The van der Waals surface area contributed by atoms with Gasteiger partial charge in [-0.1, -0.05) is 411 Å². The number of rotatable bonds is 80. The minimum Gasteiger partial charge on any atom is -0.545 e. The van der Waals surface area contributed by atoms with Crippen molar-refractivity contribution in [2.45, 2.75) is 463 Å². The Bertz CT molecular complexity index is 1530. The summed E-state index contributed by atoms with van der Waals surface area (Å²) in [5.41, 5.74) is 0. The van der Waals surface area contributed by atoms with E-state index in [2.05, 4.69) is 26.0 Å². The monoisotopic (exact) mass is 1310 g/mol. The fourth-order valence-corrected chi connectivity index (χ4v) is 13.1. The van der Waals surface area contributed by atoms with Crippen LogP contribution in [0, 0.1) is 0 Å². The van der Waals surface area contributed by atoms with Crippen LogP contribution in [0.25, 0.3) is 0 Å². The van der Waals surface area contributed by atoms with Crippen molar-refractivity contribution >= 4 is 17.9 Å². The molecule has 9 heteroatoms. The Labute approximate surface area is 580 Å². The molecule has 0 aromatic carbocycles. The Hall–Kier alpha value is -1.97. The lowest BCUT2D eigenvalue weighted by Crippen LogP contribution is -2.44. The van der Waals surface area contributed by atoms with Gasteiger partial charge in [0, 0.05) is 12.8 Å². The highest BCUT2D eigenvalue weighted by atomic mass is 16.7. The van der Waals surface area contributed by atoms with Gasteiger partial charge in [-0.2, -0.15) is 0 Å². The molecule has 0 N–H and O–H groups in total. The van der Waals surface area contributed by atoms with Gasteiger partial charge in [0.05, 0.1) is 40.3 Å². The van der Waals surface area contributed by atoms with Crippen LogP contribution in [0.4, 0.5) is 0 Å². The first-order chi connectivity index (χ1) is 45.6. The number of carboxylic acid groups (broad SMARTS) is 1. The molecule has 0 amide bonds. The molecule has 2 atom stereocenters. The first-order valence-corrected chi connectivity index (χ1v) is 41.8. The van der Waals surface area contributed by atoms with Gasteiger partial charge in [0.25, 0.3) is 0 Å². The van der Waals surface area contributed by atoms with Crippen molar-refractivity contribution in [3.8, 4) is 0 Å². The maximum atomic E-state index is 13.0. The van der Waals surface area contributed by atoms with Gasteiger partial charge in [-0.15, -0.1) is 0 Å². The number of carbonyl (C=O) groups excluding carboxylic acids is 3. The number of allylic oxidation sites excluding steroid dienone is 2. The molecule has 0 saturated carbocycles. The summed E-state index contributed by atoms with van der Waals surface area (Å²) >= 11 is 0. The van der Waals surface area contributed by atoms with Crippen molar-refractivity contribution < 1.29 is 42.9 Å². The third kappa shape index (κ3) is 77.3. The van der Waals surface area contributed by atoms with Crippen molar-refractivity contribution in [2.75, 3.05) is 47.5 Å². The summed E-state index contributed by atoms with van der Waals surface area (Å²) in [5.74, 6) is -2.24. The molecule has 0 heterocycles. The second kappa shape index (κ2) is 75.8. The highest BCUT2D eigenvalue weighted by Crippen LogP contribution is 2.21. The van der Waals surface area contributed by atoms with Gasteiger partial charge in [0.1, 0.15) is 13.2 Å². The second-order valence-corrected chi connectivity index (χ2v) is 30.1. The van der Waals surface area contributed by atoms with Crippen molar-refractivity contribution in [1.82, 2.24) is 0 Å². The maximum absolute atomic E-state index is 13.0. The van der Waals surface area contributed by atoms with Crippen molar-refractivity contribution in [3.63, 3.8) is 0 Å². The predicted molar refractivity (Wildman–Crippen MR) is 399 cm³/mol. The average molecular weight is 1320 g/mol. The summed E-state index contributed by atoms with van der Waals surface area (Å²) < 4.78 is 22.9. The van der Waals surface area contributed by atoms with Crippen molar-refractivity contribution in [1.29, 1.82) is 0 Å². The van der Waals surface area contributed by atoms with E-state index in [-0.39, 0.29) is 32.2 Å². The molecule has 0 aromatic heterocycles. The molecule has 93 heavy (non-hydrogen) atoms. The molecule has 2 unspecified atom stereocenters. The first-order valence-electron chi connectivity index (χ1n) is 41.8. The zero-order valence-corrected chi connectivity index (χ0v) is 63.4. The number of ether oxygens (including phenoxy) is 4. The molecule has 0 radical (unpaired) electrons. The standard InChI is InChI=1S/C84H163NO8/c1-6-8-10-12-14-16-18-20-22-24-26-28-30-32-34-35-36-37-38-39-40-41-42-43-44-45-46-47-49-50-52-54-56-58-60-62-64-66-68-70-72-74-81(86)91-78-80(79-92-84(83(88)89)90-77-76-85(3,4)5)93-82(87)75-73-71-69-67-65-63-61-59-57-55-53-51-48-33-31-29-27-25-23-21-19-17-15-13-11-9-7-2/h25,27,80,84H,6-24,26,28-79H2,1-5H3/b27-25-. The summed E-state index contributed by atoms with van der Waals surface area (Å²) in [6, 6.07) is 0. The van der Waals surface area contributed by atoms with Gasteiger partial charge in [0.15, 0.2) is 12.4 Å². The lowest BCUT2D eigenvalue weighted by molar-refractivity contribution is -0.870.